The number of fused-ring (bicyclic) bond motifs is 1. The Morgan fingerprint density at radius 3 is 2.68 bits per heavy atom. The van der Waals surface area contributed by atoms with Gasteiger partial charge in [0.05, 0.1) is 11.2 Å². The number of pyridine rings is 1. The number of para-hydroxylation sites is 1. The summed E-state index contributed by atoms with van der Waals surface area (Å²) >= 11 is 7.33. The molecule has 0 spiro atoms. The van der Waals surface area contributed by atoms with E-state index in [9.17, 15) is 4.79 Å². The monoisotopic (exact) mass is 365 g/mol. The SMILES string of the molecule is O=C(Nc1cccc2cccnc12)c1csc(-c2ccc(Cl)cc2)n1. The first-order valence-electron chi connectivity index (χ1n) is 7.57. The summed E-state index contributed by atoms with van der Waals surface area (Å²) in [4.78, 5) is 21.3. The fourth-order valence-electron chi connectivity index (χ4n) is 2.49. The molecule has 0 atom stereocenters. The maximum absolute atomic E-state index is 12.5. The van der Waals surface area contributed by atoms with Crippen molar-refractivity contribution < 1.29 is 4.79 Å². The van der Waals surface area contributed by atoms with Crippen LogP contribution in [0.4, 0.5) is 5.69 Å². The fraction of sp³-hybridized carbons (Fsp3) is 0. The number of anilines is 1. The predicted molar refractivity (Wildman–Crippen MR) is 102 cm³/mol. The number of benzene rings is 2. The molecule has 2 aromatic carbocycles. The number of rotatable bonds is 3. The number of hydrogen-bond acceptors (Lipinski definition) is 4. The van der Waals surface area contributed by atoms with Gasteiger partial charge in [-0.2, -0.15) is 0 Å². The molecule has 1 N–H and O–H groups in total. The van der Waals surface area contributed by atoms with Gasteiger partial charge in [0.15, 0.2) is 0 Å². The Hall–Kier alpha value is -2.76. The molecule has 0 fully saturated rings. The van der Waals surface area contributed by atoms with Gasteiger partial charge in [-0.15, -0.1) is 11.3 Å². The topological polar surface area (TPSA) is 54.9 Å². The summed E-state index contributed by atoms with van der Waals surface area (Å²) in [5, 5.41) is 7.06. The first-order valence-corrected chi connectivity index (χ1v) is 8.83. The smallest absolute Gasteiger partial charge is 0.275 e. The number of hydrogen-bond donors (Lipinski definition) is 1. The Balaban J connectivity index is 1.60. The van der Waals surface area contributed by atoms with Crippen molar-refractivity contribution >= 4 is 45.4 Å². The molecule has 6 heteroatoms. The molecule has 4 rings (SSSR count). The van der Waals surface area contributed by atoms with E-state index in [1.807, 2.05) is 42.5 Å². The van der Waals surface area contributed by atoms with Gasteiger partial charge < -0.3 is 5.32 Å². The number of aromatic nitrogens is 2. The van der Waals surface area contributed by atoms with Crippen LogP contribution >= 0.6 is 22.9 Å². The Morgan fingerprint density at radius 1 is 1.04 bits per heavy atom. The molecule has 0 aliphatic carbocycles. The van der Waals surface area contributed by atoms with Crippen molar-refractivity contribution in [1.82, 2.24) is 9.97 Å². The van der Waals surface area contributed by atoms with Crippen molar-refractivity contribution in [2.75, 3.05) is 5.32 Å². The number of amides is 1. The van der Waals surface area contributed by atoms with Gasteiger partial charge in [0.2, 0.25) is 0 Å². The van der Waals surface area contributed by atoms with Crippen LogP contribution in [0, 0.1) is 0 Å². The van der Waals surface area contributed by atoms with Crippen LogP contribution in [0.25, 0.3) is 21.5 Å². The van der Waals surface area contributed by atoms with Crippen molar-refractivity contribution in [3.05, 3.63) is 76.9 Å². The highest BCUT2D eigenvalue weighted by atomic mass is 35.5. The van der Waals surface area contributed by atoms with Crippen LogP contribution in [0.2, 0.25) is 5.02 Å². The first kappa shape index (κ1) is 15.7. The van der Waals surface area contributed by atoms with E-state index in [-0.39, 0.29) is 5.91 Å². The maximum Gasteiger partial charge on any atom is 0.275 e. The average Bonchev–Trinajstić information content (AvgIpc) is 3.13. The van der Waals surface area contributed by atoms with E-state index in [1.54, 1.807) is 23.7 Å². The Labute approximate surface area is 153 Å². The van der Waals surface area contributed by atoms with Crippen molar-refractivity contribution in [2.45, 2.75) is 0 Å². The van der Waals surface area contributed by atoms with Gasteiger partial charge in [0.1, 0.15) is 10.7 Å². The van der Waals surface area contributed by atoms with Crippen LogP contribution in [-0.4, -0.2) is 15.9 Å². The average molecular weight is 366 g/mol. The van der Waals surface area contributed by atoms with Crippen LogP contribution in [0.15, 0.2) is 66.2 Å². The minimum absolute atomic E-state index is 0.255. The van der Waals surface area contributed by atoms with Crippen LogP contribution in [0.1, 0.15) is 10.5 Å². The van der Waals surface area contributed by atoms with Gasteiger partial charge in [0, 0.05) is 27.5 Å². The van der Waals surface area contributed by atoms with Crippen LogP contribution < -0.4 is 5.32 Å². The van der Waals surface area contributed by atoms with Gasteiger partial charge in [0.25, 0.3) is 5.91 Å². The normalized spacial score (nSPS) is 10.8. The zero-order chi connectivity index (χ0) is 17.2. The third kappa shape index (κ3) is 3.24. The number of nitrogens with zero attached hydrogens (tertiary/aromatic N) is 2. The van der Waals surface area contributed by atoms with E-state index in [0.717, 1.165) is 21.5 Å². The quantitative estimate of drug-likeness (QED) is 0.538. The number of carbonyl (C=O) groups is 1. The fourth-order valence-corrected chi connectivity index (χ4v) is 3.43. The molecule has 4 aromatic rings. The summed E-state index contributed by atoms with van der Waals surface area (Å²) in [7, 11) is 0. The second-order valence-corrected chi connectivity index (χ2v) is 6.67. The molecular formula is C19H12ClN3OS. The summed E-state index contributed by atoms with van der Waals surface area (Å²) in [6.07, 6.45) is 1.71. The van der Waals surface area contributed by atoms with Gasteiger partial charge in [-0.05, 0) is 24.3 Å². The predicted octanol–water partition coefficient (Wildman–Crippen LogP) is 5.26. The van der Waals surface area contributed by atoms with Crippen LogP contribution in [0.5, 0.6) is 0 Å². The number of halogens is 1. The van der Waals surface area contributed by atoms with E-state index in [0.29, 0.717) is 16.4 Å². The first-order chi connectivity index (χ1) is 12.2. The molecule has 0 radical (unpaired) electrons. The van der Waals surface area contributed by atoms with Crippen LogP contribution in [0.3, 0.4) is 0 Å². The van der Waals surface area contributed by atoms with Gasteiger partial charge >= 0.3 is 0 Å². The Morgan fingerprint density at radius 2 is 1.84 bits per heavy atom. The summed E-state index contributed by atoms with van der Waals surface area (Å²) < 4.78 is 0. The highest BCUT2D eigenvalue weighted by Crippen LogP contribution is 2.26. The summed E-state index contributed by atoms with van der Waals surface area (Å²) in [6.45, 7) is 0. The van der Waals surface area contributed by atoms with Gasteiger partial charge in [-0.25, -0.2) is 4.98 Å². The minimum Gasteiger partial charge on any atom is -0.319 e. The summed E-state index contributed by atoms with van der Waals surface area (Å²) in [6, 6.07) is 16.9. The molecule has 2 aromatic heterocycles. The van der Waals surface area contributed by atoms with E-state index in [1.165, 1.54) is 11.3 Å². The third-order valence-electron chi connectivity index (χ3n) is 3.71. The molecule has 122 valence electrons. The van der Waals surface area contributed by atoms with E-state index in [4.69, 9.17) is 11.6 Å². The minimum atomic E-state index is -0.255. The lowest BCUT2D eigenvalue weighted by Crippen LogP contribution is -2.12. The van der Waals surface area contributed by atoms with Crippen molar-refractivity contribution in [3.8, 4) is 10.6 Å². The molecule has 1 amide bonds. The van der Waals surface area contributed by atoms with E-state index in [2.05, 4.69) is 15.3 Å². The maximum atomic E-state index is 12.5. The zero-order valence-electron chi connectivity index (χ0n) is 12.9. The Bertz CT molecular complexity index is 1050. The standard InChI is InChI=1S/C19H12ClN3OS/c20-14-8-6-13(7-9-14)19-23-16(11-25-19)18(24)22-15-5-1-3-12-4-2-10-21-17(12)15/h1-11H,(H,22,24). The van der Waals surface area contributed by atoms with Crippen molar-refractivity contribution in [1.29, 1.82) is 0 Å². The van der Waals surface area contributed by atoms with E-state index >= 15 is 0 Å². The second-order valence-electron chi connectivity index (χ2n) is 5.38. The lowest BCUT2D eigenvalue weighted by molar-refractivity contribution is 0.102. The van der Waals surface area contributed by atoms with Crippen molar-refractivity contribution in [2.24, 2.45) is 0 Å². The highest BCUT2D eigenvalue weighted by molar-refractivity contribution is 7.13. The number of nitrogens with one attached hydrogen (secondary N) is 1. The molecule has 25 heavy (non-hydrogen) atoms. The van der Waals surface area contributed by atoms with Crippen LogP contribution in [-0.2, 0) is 0 Å². The van der Waals surface area contributed by atoms with Crippen molar-refractivity contribution in [3.63, 3.8) is 0 Å². The molecular weight excluding hydrogens is 354 g/mol. The summed E-state index contributed by atoms with van der Waals surface area (Å²) in [5.74, 6) is -0.255. The molecule has 4 nitrogen and oxygen atoms in total. The second kappa shape index (κ2) is 6.63. The number of thiazole rings is 1. The molecule has 0 saturated heterocycles. The molecule has 0 aliphatic rings. The number of carbonyl (C=O) groups excluding carboxylic acids is 1. The third-order valence-corrected chi connectivity index (χ3v) is 4.85. The lowest BCUT2D eigenvalue weighted by atomic mass is 10.2. The largest absolute Gasteiger partial charge is 0.319 e. The van der Waals surface area contributed by atoms with Gasteiger partial charge in [-0.1, -0.05) is 41.9 Å². The molecule has 2 heterocycles. The zero-order valence-corrected chi connectivity index (χ0v) is 14.5. The molecule has 0 unspecified atom stereocenters. The molecule has 0 saturated carbocycles. The Kier molecular flexibility index (Phi) is 4.17. The van der Waals surface area contributed by atoms with Gasteiger partial charge in [-0.3, -0.25) is 9.78 Å². The molecule has 0 bridgehead atoms. The highest BCUT2D eigenvalue weighted by Gasteiger charge is 2.13. The lowest BCUT2D eigenvalue weighted by Gasteiger charge is -2.06. The molecule has 0 aliphatic heterocycles. The summed E-state index contributed by atoms with van der Waals surface area (Å²) in [5.41, 5.74) is 2.74. The van der Waals surface area contributed by atoms with E-state index < -0.39 is 0 Å².